The van der Waals surface area contributed by atoms with Gasteiger partial charge in [-0.3, -0.25) is 29.0 Å². The lowest BCUT2D eigenvalue weighted by Gasteiger charge is -2.43. The third-order valence-electron chi connectivity index (χ3n) is 6.57. The molecule has 212 valence electrons. The number of esters is 1. The molecule has 14 heteroatoms. The molecule has 40 heavy (non-hydrogen) atoms. The highest BCUT2D eigenvalue weighted by atomic mass is 35.5. The number of fused-ring (bicyclic) bond motifs is 1. The van der Waals surface area contributed by atoms with Gasteiger partial charge in [0.15, 0.2) is 18.2 Å². The molecule has 2 aliphatic rings. The molecule has 0 bridgehead atoms. The summed E-state index contributed by atoms with van der Waals surface area (Å²) in [5, 5.41) is 7.52. The van der Waals surface area contributed by atoms with Crippen molar-refractivity contribution < 1.29 is 37.9 Å². The Kier molecular flexibility index (Phi) is 9.10. The van der Waals surface area contributed by atoms with Crippen LogP contribution in [-0.2, 0) is 23.9 Å². The van der Waals surface area contributed by atoms with E-state index < -0.39 is 54.2 Å². The maximum absolute atomic E-state index is 13.5. The van der Waals surface area contributed by atoms with Crippen LogP contribution in [0.15, 0.2) is 41.0 Å². The van der Waals surface area contributed by atoms with Crippen LogP contribution in [0.5, 0.6) is 0 Å². The summed E-state index contributed by atoms with van der Waals surface area (Å²) >= 11 is 12.0. The smallest absolute Gasteiger partial charge is 0.341 e. The van der Waals surface area contributed by atoms with Gasteiger partial charge in [0.25, 0.3) is 11.8 Å². The molecule has 3 atom stereocenters. The van der Waals surface area contributed by atoms with E-state index >= 15 is 0 Å². The number of carbonyl (C=O) groups excluding carboxylic acids is 6. The summed E-state index contributed by atoms with van der Waals surface area (Å²) in [5.74, 6) is -3.83. The average molecular weight is 593 g/mol. The second-order valence-corrected chi connectivity index (χ2v) is 10.1. The van der Waals surface area contributed by atoms with Gasteiger partial charge in [-0.25, -0.2) is 9.80 Å². The molecule has 0 saturated carbocycles. The van der Waals surface area contributed by atoms with E-state index in [-0.39, 0.29) is 53.1 Å². The number of furan rings is 1. The molecule has 1 unspecified atom stereocenters. The lowest BCUT2D eigenvalue weighted by Crippen LogP contribution is -2.64. The fourth-order valence-electron chi connectivity index (χ4n) is 4.46. The molecular weight excluding hydrogens is 567 g/mol. The summed E-state index contributed by atoms with van der Waals surface area (Å²) < 4.78 is 10.1. The van der Waals surface area contributed by atoms with Gasteiger partial charge in [-0.1, -0.05) is 29.3 Å². The number of Topliss-reactive ketones (excluding diaryl/α,β-unsaturated/α-hetero) is 1. The number of halogens is 2. The molecule has 1 aromatic heterocycles. The number of hydrogen-bond donors (Lipinski definition) is 2. The van der Waals surface area contributed by atoms with Gasteiger partial charge in [-0.2, -0.15) is 0 Å². The van der Waals surface area contributed by atoms with E-state index in [1.807, 2.05) is 0 Å². The monoisotopic (exact) mass is 592 g/mol. The lowest BCUT2D eigenvalue weighted by molar-refractivity contribution is -0.176. The Bertz CT molecular complexity index is 1310. The summed E-state index contributed by atoms with van der Waals surface area (Å²) in [6, 6.07) is 4.13. The number of rotatable bonds is 8. The molecule has 3 heterocycles. The van der Waals surface area contributed by atoms with Gasteiger partial charge in [0, 0.05) is 13.0 Å². The Hall–Kier alpha value is -3.90. The van der Waals surface area contributed by atoms with Crippen molar-refractivity contribution in [1.82, 2.24) is 20.7 Å². The van der Waals surface area contributed by atoms with Crippen LogP contribution in [0.2, 0.25) is 10.0 Å². The number of benzene rings is 1. The third kappa shape index (κ3) is 6.28. The summed E-state index contributed by atoms with van der Waals surface area (Å²) in [6.07, 6.45) is 2.00. The van der Waals surface area contributed by atoms with Crippen LogP contribution in [-0.4, -0.2) is 76.7 Å². The first-order valence-electron chi connectivity index (χ1n) is 12.5. The highest BCUT2D eigenvalue weighted by Crippen LogP contribution is 2.26. The minimum absolute atomic E-state index is 0.00184. The number of hydrazine groups is 1. The highest BCUT2D eigenvalue weighted by molar-refractivity contribution is 6.39. The van der Waals surface area contributed by atoms with Crippen LogP contribution in [0, 0.1) is 0 Å². The van der Waals surface area contributed by atoms with Crippen molar-refractivity contribution >= 4 is 58.6 Å². The number of ether oxygens (including phenoxy) is 1. The standard InChI is InChI=1S/C26H26Cl2N4O8/c1-14(19(33)13-40-26(38)22-15(27)5-2-6-16(22)28)29-23(35)18-7-3-11-31-21(34)10-9-17(25(37)32(18)31)30-24(36)20-8-4-12-39-20/h2,4-6,8,12,14,17-18H,3,7,9-11,13H2,1H3,(H,29,35)(H,30,36)/t14-,17?,18-/m0/s1. The van der Waals surface area contributed by atoms with Gasteiger partial charge in [-0.15, -0.1) is 0 Å². The molecule has 0 radical (unpaired) electrons. The number of hydrogen-bond acceptors (Lipinski definition) is 8. The number of ketones is 1. The van der Waals surface area contributed by atoms with Crippen molar-refractivity contribution in [3.63, 3.8) is 0 Å². The van der Waals surface area contributed by atoms with E-state index in [0.717, 1.165) is 5.01 Å². The zero-order valence-electron chi connectivity index (χ0n) is 21.4. The Labute approximate surface area is 238 Å². The molecular formula is C26H26Cl2N4O8. The van der Waals surface area contributed by atoms with Crippen molar-refractivity contribution in [2.24, 2.45) is 0 Å². The quantitative estimate of drug-likeness (QED) is 0.442. The van der Waals surface area contributed by atoms with E-state index in [2.05, 4.69) is 10.6 Å². The van der Waals surface area contributed by atoms with Gasteiger partial charge >= 0.3 is 5.97 Å². The summed E-state index contributed by atoms with van der Waals surface area (Å²) in [4.78, 5) is 77.1. The number of nitrogens with one attached hydrogen (secondary N) is 2. The molecule has 4 amide bonds. The molecule has 0 spiro atoms. The van der Waals surface area contributed by atoms with Gasteiger partial charge < -0.3 is 19.8 Å². The summed E-state index contributed by atoms with van der Waals surface area (Å²) in [5.41, 5.74) is -0.0874. The van der Waals surface area contributed by atoms with Crippen molar-refractivity contribution in [3.05, 3.63) is 58.0 Å². The minimum atomic E-state index is -1.11. The van der Waals surface area contributed by atoms with Crippen molar-refractivity contribution in [3.8, 4) is 0 Å². The van der Waals surface area contributed by atoms with Gasteiger partial charge in [0.1, 0.15) is 12.1 Å². The molecule has 2 aliphatic heterocycles. The molecule has 2 fully saturated rings. The van der Waals surface area contributed by atoms with Crippen LogP contribution >= 0.6 is 23.2 Å². The molecule has 1 aromatic carbocycles. The molecule has 2 saturated heterocycles. The van der Waals surface area contributed by atoms with Crippen LogP contribution in [0.3, 0.4) is 0 Å². The number of carbonyl (C=O) groups is 6. The fraction of sp³-hybridized carbons (Fsp3) is 0.385. The Morgan fingerprint density at radius 3 is 2.50 bits per heavy atom. The first-order chi connectivity index (χ1) is 19.1. The maximum atomic E-state index is 13.5. The van der Waals surface area contributed by atoms with Crippen molar-refractivity contribution in [2.75, 3.05) is 13.2 Å². The van der Waals surface area contributed by atoms with Gasteiger partial charge in [0.05, 0.1) is 27.9 Å². The average Bonchev–Trinajstić information content (AvgIpc) is 3.44. The molecule has 4 rings (SSSR count). The zero-order chi connectivity index (χ0) is 29.0. The third-order valence-corrected chi connectivity index (χ3v) is 7.20. The minimum Gasteiger partial charge on any atom is -0.459 e. The second-order valence-electron chi connectivity index (χ2n) is 9.27. The first-order valence-corrected chi connectivity index (χ1v) is 13.3. The predicted octanol–water partition coefficient (Wildman–Crippen LogP) is 2.14. The molecule has 2 N–H and O–H groups in total. The van der Waals surface area contributed by atoms with E-state index in [1.165, 1.54) is 42.5 Å². The van der Waals surface area contributed by atoms with Crippen LogP contribution < -0.4 is 10.6 Å². The molecule has 12 nitrogen and oxygen atoms in total. The molecule has 2 aromatic rings. The lowest BCUT2D eigenvalue weighted by atomic mass is 10.0. The summed E-state index contributed by atoms with van der Waals surface area (Å²) in [7, 11) is 0. The predicted molar refractivity (Wildman–Crippen MR) is 140 cm³/mol. The fourth-order valence-corrected chi connectivity index (χ4v) is 5.01. The topological polar surface area (TPSA) is 155 Å². The highest BCUT2D eigenvalue weighted by Gasteiger charge is 2.45. The van der Waals surface area contributed by atoms with Crippen LogP contribution in [0.25, 0.3) is 0 Å². The number of nitrogens with zero attached hydrogens (tertiary/aromatic N) is 2. The summed E-state index contributed by atoms with van der Waals surface area (Å²) in [6.45, 7) is 0.960. The van der Waals surface area contributed by atoms with Crippen molar-refractivity contribution in [1.29, 1.82) is 0 Å². The van der Waals surface area contributed by atoms with E-state index in [0.29, 0.717) is 6.42 Å². The Balaban J connectivity index is 1.41. The van der Waals surface area contributed by atoms with Gasteiger partial charge in [-0.05, 0) is 50.5 Å². The van der Waals surface area contributed by atoms with E-state index in [1.54, 1.807) is 6.07 Å². The maximum Gasteiger partial charge on any atom is 0.341 e. The second kappa shape index (κ2) is 12.5. The Morgan fingerprint density at radius 2 is 1.82 bits per heavy atom. The first kappa shape index (κ1) is 29.1. The van der Waals surface area contributed by atoms with Gasteiger partial charge in [0.2, 0.25) is 11.8 Å². The Morgan fingerprint density at radius 1 is 1.10 bits per heavy atom. The SMILES string of the molecule is C[C@H](NC(=O)[C@@H]1CCCN2C(=O)CCC(NC(=O)c3ccco3)C(=O)N12)C(=O)COC(=O)c1c(Cl)cccc1Cl. The van der Waals surface area contributed by atoms with E-state index in [4.69, 9.17) is 32.4 Å². The van der Waals surface area contributed by atoms with E-state index in [9.17, 15) is 28.8 Å². The van der Waals surface area contributed by atoms with Crippen LogP contribution in [0.4, 0.5) is 0 Å². The van der Waals surface area contributed by atoms with Crippen molar-refractivity contribution in [2.45, 2.75) is 50.7 Å². The molecule has 0 aliphatic carbocycles. The largest absolute Gasteiger partial charge is 0.459 e. The van der Waals surface area contributed by atoms with Crippen LogP contribution in [0.1, 0.15) is 53.5 Å². The zero-order valence-corrected chi connectivity index (χ0v) is 22.9. The number of amides is 4. The normalized spacial score (nSPS) is 19.8.